The zero-order valence-electron chi connectivity index (χ0n) is 13.4. The minimum absolute atomic E-state index is 0.334. The molecule has 0 saturated carbocycles. The summed E-state index contributed by atoms with van der Waals surface area (Å²) in [6, 6.07) is 2.49. The van der Waals surface area contributed by atoms with Gasteiger partial charge in [-0.25, -0.2) is 9.97 Å². The van der Waals surface area contributed by atoms with Crippen LogP contribution in [0.3, 0.4) is 0 Å². The van der Waals surface area contributed by atoms with Gasteiger partial charge in [0.25, 0.3) is 0 Å². The van der Waals surface area contributed by atoms with Crippen LogP contribution in [0.4, 0.5) is 11.6 Å². The number of nitrogens with one attached hydrogen (secondary N) is 1. The van der Waals surface area contributed by atoms with E-state index in [2.05, 4.69) is 61.9 Å². The molecule has 1 heterocycles. The number of hydrogen-bond acceptors (Lipinski definition) is 4. The molecule has 1 rings (SSSR count). The second-order valence-corrected chi connectivity index (χ2v) is 5.96. The van der Waals surface area contributed by atoms with Crippen LogP contribution >= 0.6 is 0 Å². The van der Waals surface area contributed by atoms with Gasteiger partial charge >= 0.3 is 0 Å². The van der Waals surface area contributed by atoms with Gasteiger partial charge in [0.05, 0.1) is 0 Å². The molecule has 0 aliphatic heterocycles. The molecule has 4 nitrogen and oxygen atoms in total. The van der Waals surface area contributed by atoms with Gasteiger partial charge in [0.15, 0.2) is 0 Å². The Hall–Kier alpha value is -1.32. The van der Waals surface area contributed by atoms with Gasteiger partial charge in [0.2, 0.25) is 0 Å². The van der Waals surface area contributed by atoms with Gasteiger partial charge in [-0.2, -0.15) is 0 Å². The Kier molecular flexibility index (Phi) is 5.58. The summed E-state index contributed by atoms with van der Waals surface area (Å²) >= 11 is 0. The third-order valence-corrected chi connectivity index (χ3v) is 3.34. The fourth-order valence-corrected chi connectivity index (χ4v) is 2.09. The maximum atomic E-state index is 4.68. The van der Waals surface area contributed by atoms with Crippen molar-refractivity contribution in [1.29, 1.82) is 0 Å². The summed E-state index contributed by atoms with van der Waals surface area (Å²) in [7, 11) is 4.01. The number of anilines is 2. The first-order valence-corrected chi connectivity index (χ1v) is 7.14. The Morgan fingerprint density at radius 2 is 1.79 bits per heavy atom. The van der Waals surface area contributed by atoms with Crippen LogP contribution in [0.15, 0.2) is 6.07 Å². The van der Waals surface area contributed by atoms with Crippen molar-refractivity contribution < 1.29 is 0 Å². The Bertz CT molecular complexity index is 401. The van der Waals surface area contributed by atoms with Gasteiger partial charge in [-0.1, -0.05) is 27.7 Å². The summed E-state index contributed by atoms with van der Waals surface area (Å²) in [5, 5.41) is 3.12. The molecule has 0 aliphatic rings. The van der Waals surface area contributed by atoms with Crippen molar-refractivity contribution in [2.45, 2.75) is 53.0 Å². The molecule has 0 spiro atoms. The monoisotopic (exact) mass is 264 g/mol. The smallest absolute Gasteiger partial charge is 0.135 e. The quantitative estimate of drug-likeness (QED) is 0.853. The summed E-state index contributed by atoms with van der Waals surface area (Å²) in [4.78, 5) is 11.4. The van der Waals surface area contributed by atoms with Gasteiger partial charge in [-0.3, -0.25) is 0 Å². The highest BCUT2D eigenvalue weighted by atomic mass is 15.2. The number of nitrogens with zero attached hydrogens (tertiary/aromatic N) is 3. The SMILES string of the molecule is CNc1cc(N(C)C(C)CC(C)C)nc(C(C)C)n1. The van der Waals surface area contributed by atoms with Crippen molar-refractivity contribution >= 4 is 11.6 Å². The van der Waals surface area contributed by atoms with Crippen LogP contribution < -0.4 is 10.2 Å². The number of aromatic nitrogens is 2. The van der Waals surface area contributed by atoms with Crippen molar-refractivity contribution in [3.63, 3.8) is 0 Å². The Morgan fingerprint density at radius 3 is 2.26 bits per heavy atom. The van der Waals surface area contributed by atoms with Crippen molar-refractivity contribution in [3.8, 4) is 0 Å². The zero-order valence-corrected chi connectivity index (χ0v) is 13.4. The third kappa shape index (κ3) is 4.37. The normalized spacial score (nSPS) is 12.9. The summed E-state index contributed by atoms with van der Waals surface area (Å²) < 4.78 is 0. The summed E-state index contributed by atoms with van der Waals surface area (Å²) in [5.41, 5.74) is 0. The molecule has 1 N–H and O–H groups in total. The van der Waals surface area contributed by atoms with E-state index in [1.54, 1.807) is 0 Å². The standard InChI is InChI=1S/C15H28N4/c1-10(2)8-12(5)19(7)14-9-13(16-6)17-15(18-14)11(3)4/h9-12H,8H2,1-7H3,(H,16,17,18). The summed E-state index contributed by atoms with van der Waals surface area (Å²) in [6.07, 6.45) is 1.16. The molecule has 1 unspecified atom stereocenters. The largest absolute Gasteiger partial charge is 0.373 e. The summed E-state index contributed by atoms with van der Waals surface area (Å²) in [6.45, 7) is 11.0. The fourth-order valence-electron chi connectivity index (χ4n) is 2.09. The van der Waals surface area contributed by atoms with E-state index in [1.165, 1.54) is 0 Å². The molecule has 19 heavy (non-hydrogen) atoms. The molecule has 0 fully saturated rings. The maximum Gasteiger partial charge on any atom is 0.135 e. The second-order valence-electron chi connectivity index (χ2n) is 5.96. The van der Waals surface area contributed by atoms with E-state index in [9.17, 15) is 0 Å². The van der Waals surface area contributed by atoms with Crippen LogP contribution in [0, 0.1) is 5.92 Å². The van der Waals surface area contributed by atoms with Crippen LogP contribution in [0.1, 0.15) is 52.8 Å². The van der Waals surface area contributed by atoms with Crippen molar-refractivity contribution in [2.24, 2.45) is 5.92 Å². The van der Waals surface area contributed by atoms with Crippen LogP contribution in [0.25, 0.3) is 0 Å². The lowest BCUT2D eigenvalue weighted by Crippen LogP contribution is -2.31. The van der Waals surface area contributed by atoms with Gasteiger partial charge in [-0.15, -0.1) is 0 Å². The van der Waals surface area contributed by atoms with Crippen molar-refractivity contribution in [3.05, 3.63) is 11.9 Å². The van der Waals surface area contributed by atoms with Gasteiger partial charge in [0.1, 0.15) is 17.5 Å². The molecule has 108 valence electrons. The van der Waals surface area contributed by atoms with Crippen LogP contribution in [0.5, 0.6) is 0 Å². The molecule has 0 bridgehead atoms. The molecule has 1 aromatic rings. The van der Waals surface area contributed by atoms with Gasteiger partial charge in [0, 0.05) is 32.1 Å². The average Bonchev–Trinajstić information content (AvgIpc) is 2.36. The van der Waals surface area contributed by atoms with Crippen molar-refractivity contribution in [2.75, 3.05) is 24.3 Å². The second kappa shape index (κ2) is 6.73. The minimum Gasteiger partial charge on any atom is -0.373 e. The Labute approximate surface area is 117 Å². The molecule has 0 amide bonds. The zero-order chi connectivity index (χ0) is 14.6. The first kappa shape index (κ1) is 15.7. The van der Waals surface area contributed by atoms with E-state index < -0.39 is 0 Å². The first-order valence-electron chi connectivity index (χ1n) is 7.14. The minimum atomic E-state index is 0.334. The lowest BCUT2D eigenvalue weighted by Gasteiger charge is -2.28. The van der Waals surface area contributed by atoms with E-state index in [0.717, 1.165) is 23.9 Å². The van der Waals surface area contributed by atoms with Crippen molar-refractivity contribution in [1.82, 2.24) is 9.97 Å². The predicted octanol–water partition coefficient (Wildman–Crippen LogP) is 3.51. The molecule has 0 aliphatic carbocycles. The molecule has 1 aromatic heterocycles. The van der Waals surface area contributed by atoms with Crippen LogP contribution in [-0.4, -0.2) is 30.1 Å². The average molecular weight is 264 g/mol. The number of rotatable bonds is 6. The first-order chi connectivity index (χ1) is 8.85. The van der Waals surface area contributed by atoms with E-state index >= 15 is 0 Å². The molecule has 1 atom stereocenters. The van der Waals surface area contributed by atoms with Gasteiger partial charge < -0.3 is 10.2 Å². The highest BCUT2D eigenvalue weighted by Crippen LogP contribution is 2.22. The highest BCUT2D eigenvalue weighted by Gasteiger charge is 2.15. The molecule has 0 radical (unpaired) electrons. The predicted molar refractivity (Wildman–Crippen MR) is 83.0 cm³/mol. The topological polar surface area (TPSA) is 41.0 Å². The highest BCUT2D eigenvalue weighted by molar-refractivity contribution is 5.49. The lowest BCUT2D eigenvalue weighted by molar-refractivity contribution is 0.501. The number of hydrogen-bond donors (Lipinski definition) is 1. The maximum absolute atomic E-state index is 4.68. The molecule has 4 heteroatoms. The Morgan fingerprint density at radius 1 is 1.16 bits per heavy atom. The molecule has 0 aromatic carbocycles. The van der Waals surface area contributed by atoms with Crippen LogP contribution in [0.2, 0.25) is 0 Å². The Balaban J connectivity index is 3.01. The third-order valence-electron chi connectivity index (χ3n) is 3.34. The molecule has 0 saturated heterocycles. The molecular formula is C15H28N4. The van der Waals surface area contributed by atoms with E-state index in [-0.39, 0.29) is 0 Å². The molecular weight excluding hydrogens is 236 g/mol. The fraction of sp³-hybridized carbons (Fsp3) is 0.733. The summed E-state index contributed by atoms with van der Waals surface area (Å²) in [5.74, 6) is 3.80. The van der Waals surface area contributed by atoms with E-state index in [4.69, 9.17) is 0 Å². The van der Waals surface area contributed by atoms with E-state index in [0.29, 0.717) is 17.9 Å². The van der Waals surface area contributed by atoms with Gasteiger partial charge in [-0.05, 0) is 19.3 Å². The lowest BCUT2D eigenvalue weighted by atomic mass is 10.0. The van der Waals surface area contributed by atoms with Crippen LogP contribution in [-0.2, 0) is 0 Å². The van der Waals surface area contributed by atoms with E-state index in [1.807, 2.05) is 13.1 Å².